The molecule has 0 aliphatic carbocycles. The topological polar surface area (TPSA) is 107 Å². The Morgan fingerprint density at radius 1 is 1.50 bits per heavy atom. The van der Waals surface area contributed by atoms with Crippen LogP contribution in [0.15, 0.2) is 22.5 Å². The molecule has 0 aliphatic heterocycles. The summed E-state index contributed by atoms with van der Waals surface area (Å²) >= 11 is 0.943. The van der Waals surface area contributed by atoms with Gasteiger partial charge in [0.2, 0.25) is 5.88 Å². The molecule has 2 aromatic rings. The summed E-state index contributed by atoms with van der Waals surface area (Å²) in [6, 6.07) is 3.37. The molecular weight excluding hydrogens is 300 g/mol. The van der Waals surface area contributed by atoms with Gasteiger partial charge in [-0.15, -0.1) is 0 Å². The van der Waals surface area contributed by atoms with Crippen LogP contribution in [0.4, 0.5) is 5.13 Å². The van der Waals surface area contributed by atoms with E-state index in [4.69, 9.17) is 10.5 Å². The second kappa shape index (κ2) is 5.73. The average Bonchev–Trinajstić information content (AvgIpc) is 2.77. The number of thiazole rings is 1. The fourth-order valence-electron chi connectivity index (χ4n) is 1.57. The number of pyridine rings is 1. The molecular formula is C11H14N4O3S2. The van der Waals surface area contributed by atoms with Crippen LogP contribution in [0.5, 0.6) is 5.88 Å². The van der Waals surface area contributed by atoms with Crippen LogP contribution in [-0.2, 0) is 16.6 Å². The molecule has 0 saturated carbocycles. The van der Waals surface area contributed by atoms with Crippen LogP contribution in [0.3, 0.4) is 0 Å². The molecule has 0 fully saturated rings. The summed E-state index contributed by atoms with van der Waals surface area (Å²) in [5.41, 5.74) is 6.65. The Balaban J connectivity index is 2.15. The van der Waals surface area contributed by atoms with E-state index < -0.39 is 10.0 Å². The average molecular weight is 314 g/mol. The van der Waals surface area contributed by atoms with Crippen molar-refractivity contribution in [3.8, 4) is 5.88 Å². The van der Waals surface area contributed by atoms with Gasteiger partial charge in [0, 0.05) is 18.8 Å². The highest BCUT2D eigenvalue weighted by Gasteiger charge is 2.20. The number of methoxy groups -OCH3 is 1. The number of sulfonamides is 1. The SMILES string of the molecule is COc1cc(CNS(=O)(=O)c2sc(N)nc2C)ccn1. The number of anilines is 1. The number of nitrogen functional groups attached to an aromatic ring is 1. The Hall–Kier alpha value is -1.71. The predicted octanol–water partition coefficient (Wildman–Crippen LogP) is 0.916. The van der Waals surface area contributed by atoms with Gasteiger partial charge in [-0.25, -0.2) is 23.1 Å². The van der Waals surface area contributed by atoms with Crippen molar-refractivity contribution in [2.45, 2.75) is 17.7 Å². The molecule has 20 heavy (non-hydrogen) atoms. The third kappa shape index (κ3) is 3.24. The number of rotatable bonds is 5. The van der Waals surface area contributed by atoms with Crippen molar-refractivity contribution in [1.29, 1.82) is 0 Å². The van der Waals surface area contributed by atoms with Crippen LogP contribution >= 0.6 is 11.3 Å². The number of hydrogen-bond donors (Lipinski definition) is 2. The molecule has 9 heteroatoms. The molecule has 3 N–H and O–H groups in total. The standard InChI is InChI=1S/C11H14N4O3S2/c1-7-10(19-11(12)15-7)20(16,17)14-6-8-3-4-13-9(5-8)18-2/h3-5,14H,6H2,1-2H3,(H2,12,15). The molecule has 108 valence electrons. The van der Waals surface area contributed by atoms with Crippen LogP contribution in [0.1, 0.15) is 11.3 Å². The maximum atomic E-state index is 12.2. The summed E-state index contributed by atoms with van der Waals surface area (Å²) in [5, 5.41) is 0.230. The monoisotopic (exact) mass is 314 g/mol. The minimum atomic E-state index is -3.62. The summed E-state index contributed by atoms with van der Waals surface area (Å²) in [6.07, 6.45) is 1.55. The van der Waals surface area contributed by atoms with Crippen molar-refractivity contribution in [3.05, 3.63) is 29.6 Å². The van der Waals surface area contributed by atoms with Crippen molar-refractivity contribution >= 4 is 26.5 Å². The summed E-state index contributed by atoms with van der Waals surface area (Å²) in [6.45, 7) is 1.75. The highest BCUT2D eigenvalue weighted by molar-refractivity contribution is 7.91. The van der Waals surface area contributed by atoms with Gasteiger partial charge in [0.15, 0.2) is 9.34 Å². The second-order valence-corrected chi connectivity index (χ2v) is 6.95. The van der Waals surface area contributed by atoms with E-state index in [0.29, 0.717) is 11.6 Å². The number of hydrogen-bond acceptors (Lipinski definition) is 7. The third-order valence-corrected chi connectivity index (χ3v) is 5.49. The van der Waals surface area contributed by atoms with Gasteiger partial charge in [0.1, 0.15) is 0 Å². The largest absolute Gasteiger partial charge is 0.481 e. The number of nitrogens with one attached hydrogen (secondary N) is 1. The molecule has 2 aromatic heterocycles. The smallest absolute Gasteiger partial charge is 0.252 e. The highest BCUT2D eigenvalue weighted by Crippen LogP contribution is 2.24. The van der Waals surface area contributed by atoms with Crippen molar-refractivity contribution < 1.29 is 13.2 Å². The molecule has 2 rings (SSSR count). The quantitative estimate of drug-likeness (QED) is 0.849. The molecule has 0 radical (unpaired) electrons. The van der Waals surface area contributed by atoms with E-state index in [1.54, 1.807) is 25.3 Å². The van der Waals surface area contributed by atoms with Gasteiger partial charge in [-0.2, -0.15) is 0 Å². The van der Waals surface area contributed by atoms with Gasteiger partial charge in [-0.05, 0) is 18.6 Å². The van der Waals surface area contributed by atoms with E-state index in [2.05, 4.69) is 14.7 Å². The van der Waals surface area contributed by atoms with Gasteiger partial charge >= 0.3 is 0 Å². The van der Waals surface area contributed by atoms with E-state index in [0.717, 1.165) is 16.9 Å². The maximum absolute atomic E-state index is 12.2. The van der Waals surface area contributed by atoms with E-state index in [9.17, 15) is 8.42 Å². The summed E-state index contributed by atoms with van der Waals surface area (Å²) in [4.78, 5) is 7.86. The van der Waals surface area contributed by atoms with E-state index >= 15 is 0 Å². The lowest BCUT2D eigenvalue weighted by atomic mass is 10.3. The first-order valence-electron chi connectivity index (χ1n) is 5.64. The molecule has 0 aromatic carbocycles. The zero-order valence-electron chi connectivity index (χ0n) is 11.0. The highest BCUT2D eigenvalue weighted by atomic mass is 32.2. The van der Waals surface area contributed by atoms with Crippen LogP contribution < -0.4 is 15.2 Å². The Bertz CT molecular complexity index is 712. The van der Waals surface area contributed by atoms with Crippen molar-refractivity contribution in [1.82, 2.24) is 14.7 Å². The van der Waals surface area contributed by atoms with Crippen LogP contribution in [0, 0.1) is 6.92 Å². The molecule has 0 amide bonds. The lowest BCUT2D eigenvalue weighted by Crippen LogP contribution is -2.23. The lowest BCUT2D eigenvalue weighted by Gasteiger charge is -2.06. The van der Waals surface area contributed by atoms with Gasteiger partial charge < -0.3 is 10.5 Å². The van der Waals surface area contributed by atoms with Crippen molar-refractivity contribution in [2.75, 3.05) is 12.8 Å². The molecule has 0 saturated heterocycles. The summed E-state index contributed by atoms with van der Waals surface area (Å²) in [7, 11) is -2.12. The summed E-state index contributed by atoms with van der Waals surface area (Å²) in [5.74, 6) is 0.430. The van der Waals surface area contributed by atoms with Gasteiger partial charge in [0.05, 0.1) is 12.8 Å². The first-order valence-corrected chi connectivity index (χ1v) is 7.94. The van der Waals surface area contributed by atoms with E-state index in [-0.39, 0.29) is 15.9 Å². The maximum Gasteiger partial charge on any atom is 0.252 e. The van der Waals surface area contributed by atoms with Crippen molar-refractivity contribution in [2.24, 2.45) is 0 Å². The second-order valence-electron chi connectivity index (χ2n) is 3.96. The molecule has 0 spiro atoms. The fraction of sp³-hybridized carbons (Fsp3) is 0.273. The fourth-order valence-corrected chi connectivity index (χ4v) is 3.93. The zero-order valence-corrected chi connectivity index (χ0v) is 12.6. The summed E-state index contributed by atoms with van der Waals surface area (Å²) < 4.78 is 31.9. The van der Waals surface area contributed by atoms with Gasteiger partial charge in [0.25, 0.3) is 10.0 Å². The van der Waals surface area contributed by atoms with E-state index in [1.165, 1.54) is 7.11 Å². The zero-order chi connectivity index (χ0) is 14.8. The minimum Gasteiger partial charge on any atom is -0.481 e. The van der Waals surface area contributed by atoms with Gasteiger partial charge in [-0.3, -0.25) is 0 Å². The first kappa shape index (κ1) is 14.7. The normalized spacial score (nSPS) is 11.5. The van der Waals surface area contributed by atoms with Crippen LogP contribution in [-0.4, -0.2) is 25.5 Å². The minimum absolute atomic E-state index is 0.135. The molecule has 7 nitrogen and oxygen atoms in total. The molecule has 0 unspecified atom stereocenters. The van der Waals surface area contributed by atoms with Crippen LogP contribution in [0.25, 0.3) is 0 Å². The first-order chi connectivity index (χ1) is 9.42. The number of aromatic nitrogens is 2. The lowest BCUT2D eigenvalue weighted by molar-refractivity contribution is 0.397. The third-order valence-electron chi connectivity index (χ3n) is 2.49. The Kier molecular flexibility index (Phi) is 4.21. The Labute approximate surface area is 120 Å². The number of nitrogens with two attached hydrogens (primary N) is 1. The van der Waals surface area contributed by atoms with E-state index in [1.807, 2.05) is 0 Å². The number of aryl methyl sites for hydroxylation is 1. The molecule has 0 bridgehead atoms. The number of nitrogens with zero attached hydrogens (tertiary/aromatic N) is 2. The van der Waals surface area contributed by atoms with Crippen molar-refractivity contribution in [3.63, 3.8) is 0 Å². The number of ether oxygens (including phenoxy) is 1. The molecule has 0 aliphatic rings. The molecule has 0 atom stereocenters. The Morgan fingerprint density at radius 3 is 2.85 bits per heavy atom. The van der Waals surface area contributed by atoms with Gasteiger partial charge in [-0.1, -0.05) is 11.3 Å². The predicted molar refractivity (Wildman–Crippen MR) is 76.1 cm³/mol. The molecule has 2 heterocycles. The Morgan fingerprint density at radius 2 is 2.25 bits per heavy atom. The van der Waals surface area contributed by atoms with Crippen LogP contribution in [0.2, 0.25) is 0 Å².